The zero-order valence-electron chi connectivity index (χ0n) is 11.4. The lowest BCUT2D eigenvalue weighted by atomic mass is 10.0. The Bertz CT molecular complexity index is 553. The van der Waals surface area contributed by atoms with Crippen LogP contribution in [0.5, 0.6) is 5.75 Å². The average molecular weight is 324 g/mol. The van der Waals surface area contributed by atoms with Gasteiger partial charge in [-0.3, -0.25) is 0 Å². The van der Waals surface area contributed by atoms with E-state index in [9.17, 15) is 0 Å². The van der Waals surface area contributed by atoms with Crippen LogP contribution in [-0.4, -0.2) is 23.7 Å². The lowest BCUT2D eigenvalue weighted by Crippen LogP contribution is -2.21. The Morgan fingerprint density at radius 3 is 2.84 bits per heavy atom. The molecule has 1 aromatic carbocycles. The summed E-state index contributed by atoms with van der Waals surface area (Å²) in [6.07, 6.45) is 4.61. The van der Waals surface area contributed by atoms with Crippen LogP contribution in [0.1, 0.15) is 17.4 Å². The van der Waals surface area contributed by atoms with E-state index in [1.807, 2.05) is 49.3 Å². The maximum atomic E-state index is 5.29. The molecule has 1 aromatic heterocycles. The number of imidazole rings is 1. The molecule has 2 rings (SSSR count). The van der Waals surface area contributed by atoms with Crippen molar-refractivity contribution in [3.8, 4) is 5.75 Å². The first-order valence-electron chi connectivity index (χ1n) is 6.12. The maximum Gasteiger partial charge on any atom is 0.119 e. The molecule has 0 saturated carbocycles. The summed E-state index contributed by atoms with van der Waals surface area (Å²) in [7, 11) is 5.65. The maximum absolute atomic E-state index is 5.29. The van der Waals surface area contributed by atoms with Gasteiger partial charge in [0.25, 0.3) is 0 Å². The highest BCUT2D eigenvalue weighted by Crippen LogP contribution is 2.29. The van der Waals surface area contributed by atoms with E-state index in [0.29, 0.717) is 0 Å². The van der Waals surface area contributed by atoms with Crippen molar-refractivity contribution in [2.45, 2.75) is 12.5 Å². The van der Waals surface area contributed by atoms with Gasteiger partial charge in [0.1, 0.15) is 11.6 Å². The van der Waals surface area contributed by atoms with Crippen LogP contribution >= 0.6 is 15.9 Å². The van der Waals surface area contributed by atoms with Gasteiger partial charge in [0.2, 0.25) is 0 Å². The molecular formula is C14H18BrN3O. The Balaban J connectivity index is 2.29. The molecule has 1 heterocycles. The third-order valence-corrected chi connectivity index (χ3v) is 3.96. The number of halogens is 1. The smallest absolute Gasteiger partial charge is 0.119 e. The summed E-state index contributed by atoms with van der Waals surface area (Å²) < 4.78 is 8.41. The standard InChI is InChI=1S/C14H18BrN3O/c1-16-13(9-14-17-6-7-18(14)2)11-8-10(19-3)4-5-12(11)15/h4-8,13,16H,9H2,1-3H3. The number of hydrogen-bond acceptors (Lipinski definition) is 3. The molecule has 1 unspecified atom stereocenters. The number of aryl methyl sites for hydroxylation is 1. The highest BCUT2D eigenvalue weighted by Gasteiger charge is 2.16. The molecule has 0 saturated heterocycles. The SMILES string of the molecule is CNC(Cc1nccn1C)c1cc(OC)ccc1Br. The van der Waals surface area contributed by atoms with E-state index in [0.717, 1.165) is 22.5 Å². The van der Waals surface area contributed by atoms with Crippen molar-refractivity contribution in [1.29, 1.82) is 0 Å². The van der Waals surface area contributed by atoms with Crippen molar-refractivity contribution in [2.75, 3.05) is 14.2 Å². The molecule has 0 amide bonds. The van der Waals surface area contributed by atoms with Crippen molar-refractivity contribution in [3.05, 3.63) is 46.5 Å². The Morgan fingerprint density at radius 2 is 2.26 bits per heavy atom. The number of rotatable bonds is 5. The average Bonchev–Trinajstić information content (AvgIpc) is 2.82. The number of nitrogens with zero attached hydrogens (tertiary/aromatic N) is 2. The summed E-state index contributed by atoms with van der Waals surface area (Å²) in [4.78, 5) is 4.38. The van der Waals surface area contributed by atoms with Gasteiger partial charge in [-0.25, -0.2) is 4.98 Å². The van der Waals surface area contributed by atoms with Crippen LogP contribution in [0.15, 0.2) is 35.1 Å². The van der Waals surface area contributed by atoms with Crippen LogP contribution in [0.4, 0.5) is 0 Å². The topological polar surface area (TPSA) is 39.1 Å². The van der Waals surface area contributed by atoms with Crippen LogP contribution < -0.4 is 10.1 Å². The van der Waals surface area contributed by atoms with E-state index in [4.69, 9.17) is 4.74 Å². The number of methoxy groups -OCH3 is 1. The molecule has 0 fully saturated rings. The Hall–Kier alpha value is -1.33. The fourth-order valence-electron chi connectivity index (χ4n) is 2.06. The van der Waals surface area contributed by atoms with Gasteiger partial charge in [0.05, 0.1) is 7.11 Å². The largest absolute Gasteiger partial charge is 0.497 e. The molecule has 0 aliphatic rings. The number of aromatic nitrogens is 2. The highest BCUT2D eigenvalue weighted by molar-refractivity contribution is 9.10. The zero-order valence-corrected chi connectivity index (χ0v) is 12.9. The van der Waals surface area contributed by atoms with Gasteiger partial charge in [-0.1, -0.05) is 15.9 Å². The molecular weight excluding hydrogens is 306 g/mol. The third kappa shape index (κ3) is 3.16. The van der Waals surface area contributed by atoms with E-state index in [2.05, 4.69) is 26.2 Å². The van der Waals surface area contributed by atoms with Gasteiger partial charge in [-0.2, -0.15) is 0 Å². The first kappa shape index (κ1) is 14.1. The molecule has 5 heteroatoms. The van der Waals surface area contributed by atoms with Gasteiger partial charge >= 0.3 is 0 Å². The minimum absolute atomic E-state index is 0.186. The van der Waals surface area contributed by atoms with Crippen LogP contribution in [0, 0.1) is 0 Å². The van der Waals surface area contributed by atoms with E-state index < -0.39 is 0 Å². The quantitative estimate of drug-likeness (QED) is 0.919. The number of likely N-dealkylation sites (N-methyl/N-ethyl adjacent to an activating group) is 1. The van der Waals surface area contributed by atoms with Crippen molar-refractivity contribution >= 4 is 15.9 Å². The summed E-state index contributed by atoms with van der Waals surface area (Å²) in [5, 5.41) is 3.34. The molecule has 102 valence electrons. The lowest BCUT2D eigenvalue weighted by molar-refractivity contribution is 0.413. The molecule has 2 aromatic rings. The van der Waals surface area contributed by atoms with Crippen LogP contribution in [0.2, 0.25) is 0 Å². The van der Waals surface area contributed by atoms with Crippen molar-refractivity contribution < 1.29 is 4.74 Å². The number of benzene rings is 1. The molecule has 19 heavy (non-hydrogen) atoms. The second-order valence-electron chi connectivity index (χ2n) is 4.39. The molecule has 0 radical (unpaired) electrons. The monoisotopic (exact) mass is 323 g/mol. The molecule has 4 nitrogen and oxygen atoms in total. The van der Waals surface area contributed by atoms with Gasteiger partial charge in [-0.05, 0) is 30.8 Å². The molecule has 0 bridgehead atoms. The van der Waals surface area contributed by atoms with Gasteiger partial charge in [0.15, 0.2) is 0 Å². The summed E-state index contributed by atoms with van der Waals surface area (Å²) in [5.74, 6) is 1.91. The van der Waals surface area contributed by atoms with Crippen LogP contribution in [0.3, 0.4) is 0 Å². The normalized spacial score (nSPS) is 12.4. The fraction of sp³-hybridized carbons (Fsp3) is 0.357. The summed E-state index contributed by atoms with van der Waals surface area (Å²) >= 11 is 3.60. The second kappa shape index (κ2) is 6.21. The number of hydrogen-bond donors (Lipinski definition) is 1. The van der Waals surface area contributed by atoms with E-state index in [1.165, 1.54) is 5.56 Å². The third-order valence-electron chi connectivity index (χ3n) is 3.23. The van der Waals surface area contributed by atoms with Crippen LogP contribution in [-0.2, 0) is 13.5 Å². The zero-order chi connectivity index (χ0) is 13.8. The summed E-state index contributed by atoms with van der Waals surface area (Å²) in [6, 6.07) is 6.19. The first-order chi connectivity index (χ1) is 9.15. The van der Waals surface area contributed by atoms with Crippen molar-refractivity contribution in [1.82, 2.24) is 14.9 Å². The minimum Gasteiger partial charge on any atom is -0.497 e. The molecule has 1 N–H and O–H groups in total. The minimum atomic E-state index is 0.186. The van der Waals surface area contributed by atoms with Gasteiger partial charge < -0.3 is 14.6 Å². The van der Waals surface area contributed by atoms with E-state index in [-0.39, 0.29) is 6.04 Å². The first-order valence-corrected chi connectivity index (χ1v) is 6.92. The van der Waals surface area contributed by atoms with E-state index in [1.54, 1.807) is 7.11 Å². The fourth-order valence-corrected chi connectivity index (χ4v) is 2.58. The van der Waals surface area contributed by atoms with Crippen LogP contribution in [0.25, 0.3) is 0 Å². The van der Waals surface area contributed by atoms with Gasteiger partial charge in [0, 0.05) is 36.4 Å². The predicted octanol–water partition coefficient (Wildman–Crippen LogP) is 2.69. The number of nitrogens with one attached hydrogen (secondary N) is 1. The molecule has 0 aliphatic heterocycles. The summed E-state index contributed by atoms with van der Waals surface area (Å²) in [6.45, 7) is 0. The predicted molar refractivity (Wildman–Crippen MR) is 79.4 cm³/mol. The molecule has 1 atom stereocenters. The van der Waals surface area contributed by atoms with Crippen molar-refractivity contribution in [3.63, 3.8) is 0 Å². The Morgan fingerprint density at radius 1 is 1.47 bits per heavy atom. The second-order valence-corrected chi connectivity index (χ2v) is 5.24. The van der Waals surface area contributed by atoms with E-state index >= 15 is 0 Å². The Kier molecular flexibility index (Phi) is 4.61. The highest BCUT2D eigenvalue weighted by atomic mass is 79.9. The van der Waals surface area contributed by atoms with Gasteiger partial charge in [-0.15, -0.1) is 0 Å². The lowest BCUT2D eigenvalue weighted by Gasteiger charge is -2.18. The molecule has 0 spiro atoms. The Labute approximate surface area is 121 Å². The molecule has 0 aliphatic carbocycles. The van der Waals surface area contributed by atoms with Crippen molar-refractivity contribution in [2.24, 2.45) is 7.05 Å². The number of ether oxygens (including phenoxy) is 1. The summed E-state index contributed by atoms with van der Waals surface area (Å²) in [5.41, 5.74) is 1.17.